The molecule has 2 rings (SSSR count). The lowest BCUT2D eigenvalue weighted by atomic mass is 10.2. The monoisotopic (exact) mass is 301 g/mol. The first-order valence-electron chi connectivity index (χ1n) is 5.74. The van der Waals surface area contributed by atoms with Crippen LogP contribution in [0.5, 0.6) is 0 Å². The molecule has 0 radical (unpaired) electrons. The maximum atomic E-state index is 6.07. The van der Waals surface area contributed by atoms with E-state index in [1.165, 1.54) is 0 Å². The summed E-state index contributed by atoms with van der Waals surface area (Å²) in [6.07, 6.45) is 0. The molecule has 1 unspecified atom stereocenters. The van der Waals surface area contributed by atoms with Gasteiger partial charge in [0.15, 0.2) is 5.82 Å². The molecular formula is C12H13Cl2N3O2. The Balaban J connectivity index is 2.20. The fraction of sp³-hybridized carbons (Fsp3) is 0.333. The maximum Gasteiger partial charge on any atom is 0.259 e. The molecule has 0 amide bonds. The normalized spacial score (nSPS) is 12.6. The molecule has 5 nitrogen and oxygen atoms in total. The predicted octanol–water partition coefficient (Wildman–Crippen LogP) is 3.08. The first-order valence-corrected chi connectivity index (χ1v) is 6.49. The quantitative estimate of drug-likeness (QED) is 0.918. The largest absolute Gasteiger partial charge is 0.380 e. The zero-order chi connectivity index (χ0) is 13.8. The summed E-state index contributed by atoms with van der Waals surface area (Å²) < 4.78 is 10.4. The molecule has 0 bridgehead atoms. The van der Waals surface area contributed by atoms with Crippen molar-refractivity contribution in [3.05, 3.63) is 34.1 Å². The fourth-order valence-electron chi connectivity index (χ4n) is 1.48. The molecule has 2 aromatic rings. The van der Waals surface area contributed by atoms with Gasteiger partial charge in [0.2, 0.25) is 0 Å². The van der Waals surface area contributed by atoms with Crippen molar-refractivity contribution < 1.29 is 9.26 Å². The zero-order valence-electron chi connectivity index (χ0n) is 10.3. The summed E-state index contributed by atoms with van der Waals surface area (Å²) in [6, 6.07) is 4.61. The Hall–Kier alpha value is -1.14. The molecule has 1 heterocycles. The number of nitrogens with zero attached hydrogens (tertiary/aromatic N) is 2. The van der Waals surface area contributed by atoms with Crippen molar-refractivity contribution in [1.82, 2.24) is 10.1 Å². The van der Waals surface area contributed by atoms with Gasteiger partial charge < -0.3 is 15.0 Å². The Bertz CT molecular complexity index is 560. The predicted molar refractivity (Wildman–Crippen MR) is 73.2 cm³/mol. The summed E-state index contributed by atoms with van der Waals surface area (Å²) in [5.74, 6) is 0.693. The van der Waals surface area contributed by atoms with Crippen LogP contribution in [0, 0.1) is 0 Å². The van der Waals surface area contributed by atoms with Gasteiger partial charge in [-0.1, -0.05) is 28.4 Å². The van der Waals surface area contributed by atoms with Crippen molar-refractivity contribution in [1.29, 1.82) is 0 Å². The van der Waals surface area contributed by atoms with E-state index in [0.717, 1.165) is 0 Å². The minimum absolute atomic E-state index is 0.309. The second-order valence-electron chi connectivity index (χ2n) is 3.85. The van der Waals surface area contributed by atoms with Gasteiger partial charge in [-0.2, -0.15) is 4.98 Å². The smallest absolute Gasteiger partial charge is 0.259 e. The van der Waals surface area contributed by atoms with Gasteiger partial charge in [-0.05, 0) is 25.1 Å². The number of nitrogens with two attached hydrogens (primary N) is 1. The summed E-state index contributed by atoms with van der Waals surface area (Å²) >= 11 is 11.9. The lowest BCUT2D eigenvalue weighted by Crippen LogP contribution is -2.18. The van der Waals surface area contributed by atoms with Gasteiger partial charge >= 0.3 is 0 Å². The molecule has 0 aliphatic carbocycles. The average molecular weight is 302 g/mol. The molecule has 0 aliphatic heterocycles. The van der Waals surface area contributed by atoms with E-state index in [4.69, 9.17) is 38.2 Å². The van der Waals surface area contributed by atoms with Gasteiger partial charge in [0.05, 0.1) is 23.2 Å². The molecule has 19 heavy (non-hydrogen) atoms. The van der Waals surface area contributed by atoms with E-state index < -0.39 is 6.04 Å². The Morgan fingerprint density at radius 1 is 1.42 bits per heavy atom. The number of hydrogen-bond donors (Lipinski definition) is 1. The van der Waals surface area contributed by atoms with Gasteiger partial charge in [0, 0.05) is 11.6 Å². The van der Waals surface area contributed by atoms with E-state index in [0.29, 0.717) is 40.5 Å². The SMILES string of the molecule is CCOCC(N)c1noc(-c2ccc(Cl)cc2Cl)n1. The molecule has 2 N–H and O–H groups in total. The van der Waals surface area contributed by atoms with Crippen LogP contribution in [0.25, 0.3) is 11.5 Å². The molecular weight excluding hydrogens is 289 g/mol. The standard InChI is InChI=1S/C12H13Cl2N3O2/c1-2-18-6-10(15)11-16-12(19-17-11)8-4-3-7(13)5-9(8)14/h3-5,10H,2,6,15H2,1H3. The third-order valence-electron chi connectivity index (χ3n) is 2.44. The van der Waals surface area contributed by atoms with Crippen molar-refractivity contribution in [3.8, 4) is 11.5 Å². The lowest BCUT2D eigenvalue weighted by Gasteiger charge is -2.05. The molecule has 7 heteroatoms. The van der Waals surface area contributed by atoms with Crippen LogP contribution in [0.15, 0.2) is 22.7 Å². The van der Waals surface area contributed by atoms with Crippen LogP contribution in [0.3, 0.4) is 0 Å². The van der Waals surface area contributed by atoms with Crippen LogP contribution < -0.4 is 5.73 Å². The van der Waals surface area contributed by atoms with Crippen LogP contribution in [0.2, 0.25) is 10.0 Å². The van der Waals surface area contributed by atoms with Crippen LogP contribution in [0.1, 0.15) is 18.8 Å². The van der Waals surface area contributed by atoms with Crippen LogP contribution in [-0.2, 0) is 4.74 Å². The Morgan fingerprint density at radius 2 is 2.21 bits per heavy atom. The van der Waals surface area contributed by atoms with Crippen LogP contribution >= 0.6 is 23.2 Å². The Kier molecular flexibility index (Phi) is 4.76. The Labute approximate surface area is 120 Å². The topological polar surface area (TPSA) is 74.2 Å². The molecule has 1 aromatic heterocycles. The number of halogens is 2. The minimum atomic E-state index is -0.427. The zero-order valence-corrected chi connectivity index (χ0v) is 11.8. The van der Waals surface area contributed by atoms with Crippen molar-refractivity contribution in [2.75, 3.05) is 13.2 Å². The van der Waals surface area contributed by atoms with E-state index in [9.17, 15) is 0 Å². The van der Waals surface area contributed by atoms with Crippen molar-refractivity contribution in [2.24, 2.45) is 5.73 Å². The minimum Gasteiger partial charge on any atom is -0.380 e. The molecule has 0 fully saturated rings. The summed E-state index contributed by atoms with van der Waals surface area (Å²) in [4.78, 5) is 4.21. The number of ether oxygens (including phenoxy) is 1. The highest BCUT2D eigenvalue weighted by Gasteiger charge is 2.17. The third kappa shape index (κ3) is 3.45. The van der Waals surface area contributed by atoms with Crippen LogP contribution in [-0.4, -0.2) is 23.4 Å². The molecule has 0 saturated heterocycles. The van der Waals surface area contributed by atoms with E-state index in [1.54, 1.807) is 18.2 Å². The molecule has 0 saturated carbocycles. The summed E-state index contributed by atoms with van der Waals surface area (Å²) in [7, 11) is 0. The molecule has 0 spiro atoms. The third-order valence-corrected chi connectivity index (χ3v) is 2.98. The maximum absolute atomic E-state index is 6.07. The van der Waals surface area contributed by atoms with Gasteiger partial charge in [-0.25, -0.2) is 0 Å². The van der Waals surface area contributed by atoms with E-state index in [-0.39, 0.29) is 0 Å². The lowest BCUT2D eigenvalue weighted by molar-refractivity contribution is 0.130. The summed E-state index contributed by atoms with van der Waals surface area (Å²) in [6.45, 7) is 2.81. The number of hydrogen-bond acceptors (Lipinski definition) is 5. The highest BCUT2D eigenvalue weighted by Crippen LogP contribution is 2.29. The van der Waals surface area contributed by atoms with Crippen molar-refractivity contribution >= 4 is 23.2 Å². The summed E-state index contributed by atoms with van der Waals surface area (Å²) in [5, 5.41) is 4.81. The highest BCUT2D eigenvalue weighted by atomic mass is 35.5. The van der Waals surface area contributed by atoms with Gasteiger partial charge in [0.1, 0.15) is 0 Å². The van der Waals surface area contributed by atoms with Gasteiger partial charge in [0.25, 0.3) is 5.89 Å². The van der Waals surface area contributed by atoms with Gasteiger partial charge in [-0.15, -0.1) is 0 Å². The van der Waals surface area contributed by atoms with E-state index in [2.05, 4.69) is 10.1 Å². The Morgan fingerprint density at radius 3 is 2.89 bits per heavy atom. The molecule has 1 aromatic carbocycles. The fourth-order valence-corrected chi connectivity index (χ4v) is 1.97. The first-order chi connectivity index (χ1) is 9.11. The van der Waals surface area contributed by atoms with Crippen molar-refractivity contribution in [2.45, 2.75) is 13.0 Å². The number of benzene rings is 1. The molecule has 102 valence electrons. The van der Waals surface area contributed by atoms with Crippen LogP contribution in [0.4, 0.5) is 0 Å². The number of rotatable bonds is 5. The average Bonchev–Trinajstić information content (AvgIpc) is 2.85. The molecule has 0 aliphatic rings. The first kappa shape index (κ1) is 14.3. The highest BCUT2D eigenvalue weighted by molar-refractivity contribution is 6.36. The van der Waals surface area contributed by atoms with E-state index in [1.807, 2.05) is 6.92 Å². The number of aromatic nitrogens is 2. The van der Waals surface area contributed by atoms with Gasteiger partial charge in [-0.3, -0.25) is 0 Å². The van der Waals surface area contributed by atoms with E-state index >= 15 is 0 Å². The second kappa shape index (κ2) is 6.34. The molecule has 1 atom stereocenters. The summed E-state index contributed by atoms with van der Waals surface area (Å²) in [5.41, 5.74) is 6.49. The second-order valence-corrected chi connectivity index (χ2v) is 4.69. The van der Waals surface area contributed by atoms with Crippen molar-refractivity contribution in [3.63, 3.8) is 0 Å².